The van der Waals surface area contributed by atoms with E-state index in [1.807, 2.05) is 0 Å². The molecule has 2 N–H and O–H groups in total. The third-order valence-electron chi connectivity index (χ3n) is 4.25. The molecule has 1 aliphatic carbocycles. The Balaban J connectivity index is 2.22. The van der Waals surface area contributed by atoms with Gasteiger partial charge in [-0.25, -0.2) is 0 Å². The van der Waals surface area contributed by atoms with Gasteiger partial charge in [0.05, 0.1) is 0 Å². The zero-order valence-corrected chi connectivity index (χ0v) is 10.2. The van der Waals surface area contributed by atoms with Gasteiger partial charge in [-0.15, -0.1) is 0 Å². The number of nitrogen functional groups attached to an aromatic ring is 1. The lowest BCUT2D eigenvalue weighted by Crippen LogP contribution is -2.33. The lowest BCUT2D eigenvalue weighted by molar-refractivity contribution is 0.266. The van der Waals surface area contributed by atoms with Gasteiger partial charge in [-0.05, 0) is 67.5 Å². The van der Waals surface area contributed by atoms with Crippen molar-refractivity contribution >= 4 is 5.69 Å². The van der Waals surface area contributed by atoms with Crippen LogP contribution in [0.5, 0.6) is 0 Å². The van der Waals surface area contributed by atoms with Gasteiger partial charge in [-0.2, -0.15) is 0 Å². The fraction of sp³-hybridized carbons (Fsp3) is 0.571. The molecule has 0 fully saturated rings. The van der Waals surface area contributed by atoms with Crippen LogP contribution in [-0.2, 0) is 13.0 Å². The molecule has 16 heavy (non-hydrogen) atoms. The minimum absolute atomic E-state index is 0.761. The van der Waals surface area contributed by atoms with Crippen LogP contribution in [0.3, 0.4) is 0 Å². The molecule has 1 heterocycles. The zero-order chi connectivity index (χ0) is 11.3. The standard InChI is InChI=1S/C14H20N2/c1-9-12-5-3-4-10-7-16(2)8-11(14(10)12)6-13(9)15/h6,10H,3-5,7-8,15H2,1-2H3. The van der Waals surface area contributed by atoms with E-state index in [0.717, 1.165) is 18.2 Å². The fourth-order valence-corrected chi connectivity index (χ4v) is 3.49. The van der Waals surface area contributed by atoms with Gasteiger partial charge in [-0.3, -0.25) is 0 Å². The van der Waals surface area contributed by atoms with Crippen molar-refractivity contribution < 1.29 is 0 Å². The summed E-state index contributed by atoms with van der Waals surface area (Å²) in [5, 5.41) is 0. The summed E-state index contributed by atoms with van der Waals surface area (Å²) in [6, 6.07) is 2.21. The number of likely N-dealkylation sites (N-methyl/N-ethyl adjacent to an activating group) is 1. The summed E-state index contributed by atoms with van der Waals surface area (Å²) < 4.78 is 0. The normalized spacial score (nSPS) is 24.2. The quantitative estimate of drug-likeness (QED) is 0.675. The highest BCUT2D eigenvalue weighted by Crippen LogP contribution is 2.41. The summed E-state index contributed by atoms with van der Waals surface area (Å²) in [6.45, 7) is 4.48. The third-order valence-corrected chi connectivity index (χ3v) is 4.25. The first-order valence-corrected chi connectivity index (χ1v) is 6.26. The van der Waals surface area contributed by atoms with Gasteiger partial charge in [0.1, 0.15) is 0 Å². The first-order valence-electron chi connectivity index (χ1n) is 6.26. The first-order chi connectivity index (χ1) is 7.66. The van der Waals surface area contributed by atoms with Crippen molar-refractivity contribution in [2.75, 3.05) is 19.3 Å². The molecule has 0 aromatic heterocycles. The molecule has 86 valence electrons. The minimum atomic E-state index is 0.761. The SMILES string of the molecule is Cc1c(N)cc2c3c1CCCC3CN(C)C2. The molecule has 1 unspecified atom stereocenters. The van der Waals surface area contributed by atoms with E-state index in [1.165, 1.54) is 36.9 Å². The Morgan fingerprint density at radius 2 is 2.25 bits per heavy atom. The van der Waals surface area contributed by atoms with Crippen LogP contribution < -0.4 is 5.73 Å². The second-order valence-electron chi connectivity index (χ2n) is 5.43. The topological polar surface area (TPSA) is 29.3 Å². The van der Waals surface area contributed by atoms with E-state index < -0.39 is 0 Å². The van der Waals surface area contributed by atoms with Gasteiger partial charge in [-0.1, -0.05) is 0 Å². The van der Waals surface area contributed by atoms with Crippen molar-refractivity contribution in [2.24, 2.45) is 0 Å². The van der Waals surface area contributed by atoms with Crippen LogP contribution in [0.4, 0.5) is 5.69 Å². The molecule has 2 heteroatoms. The van der Waals surface area contributed by atoms with E-state index >= 15 is 0 Å². The maximum atomic E-state index is 6.12. The van der Waals surface area contributed by atoms with Crippen LogP contribution in [0.25, 0.3) is 0 Å². The molecule has 0 amide bonds. The van der Waals surface area contributed by atoms with Gasteiger partial charge < -0.3 is 10.6 Å². The highest BCUT2D eigenvalue weighted by molar-refractivity contribution is 5.59. The molecule has 2 aliphatic rings. The third kappa shape index (κ3) is 1.36. The Labute approximate surface area is 97.4 Å². The van der Waals surface area contributed by atoms with Gasteiger partial charge in [0.2, 0.25) is 0 Å². The van der Waals surface area contributed by atoms with Crippen molar-refractivity contribution in [1.82, 2.24) is 4.90 Å². The molecule has 0 saturated heterocycles. The van der Waals surface area contributed by atoms with Gasteiger partial charge in [0, 0.05) is 18.8 Å². The Hall–Kier alpha value is -1.02. The highest BCUT2D eigenvalue weighted by atomic mass is 15.1. The summed E-state index contributed by atoms with van der Waals surface area (Å²) in [6.07, 6.45) is 3.92. The number of anilines is 1. The van der Waals surface area contributed by atoms with Crippen molar-refractivity contribution in [3.63, 3.8) is 0 Å². The Kier molecular flexibility index (Phi) is 2.21. The molecular formula is C14H20N2. The largest absolute Gasteiger partial charge is 0.398 e. The van der Waals surface area contributed by atoms with Crippen molar-refractivity contribution in [1.29, 1.82) is 0 Å². The summed E-state index contributed by atoms with van der Waals surface area (Å²) in [4.78, 5) is 2.43. The van der Waals surface area contributed by atoms with Crippen LogP contribution in [0.1, 0.15) is 41.0 Å². The molecule has 1 aliphatic heterocycles. The summed E-state index contributed by atoms with van der Waals surface area (Å²) in [5.74, 6) is 0.761. The number of nitrogens with zero attached hydrogens (tertiary/aromatic N) is 1. The maximum absolute atomic E-state index is 6.12. The van der Waals surface area contributed by atoms with Gasteiger partial charge >= 0.3 is 0 Å². The van der Waals surface area contributed by atoms with Gasteiger partial charge in [0.15, 0.2) is 0 Å². The van der Waals surface area contributed by atoms with Crippen LogP contribution in [0.2, 0.25) is 0 Å². The van der Waals surface area contributed by atoms with Crippen LogP contribution in [0, 0.1) is 6.92 Å². The van der Waals surface area contributed by atoms with Crippen molar-refractivity contribution in [3.8, 4) is 0 Å². The molecule has 2 nitrogen and oxygen atoms in total. The monoisotopic (exact) mass is 216 g/mol. The fourth-order valence-electron chi connectivity index (χ4n) is 3.49. The van der Waals surface area contributed by atoms with Crippen molar-refractivity contribution in [2.45, 2.75) is 38.6 Å². The molecule has 1 aromatic carbocycles. The summed E-state index contributed by atoms with van der Waals surface area (Å²) in [5.41, 5.74) is 13.1. The number of nitrogens with two attached hydrogens (primary N) is 1. The summed E-state index contributed by atoms with van der Waals surface area (Å²) in [7, 11) is 2.22. The molecule has 0 saturated carbocycles. The molecule has 0 spiro atoms. The van der Waals surface area contributed by atoms with Gasteiger partial charge in [0.25, 0.3) is 0 Å². The Morgan fingerprint density at radius 1 is 1.44 bits per heavy atom. The molecule has 3 rings (SSSR count). The molecular weight excluding hydrogens is 196 g/mol. The second-order valence-corrected chi connectivity index (χ2v) is 5.43. The zero-order valence-electron chi connectivity index (χ0n) is 10.2. The number of hydrogen-bond donors (Lipinski definition) is 1. The van der Waals surface area contributed by atoms with E-state index in [4.69, 9.17) is 5.73 Å². The number of benzene rings is 1. The first kappa shape index (κ1) is 10.2. The highest BCUT2D eigenvalue weighted by Gasteiger charge is 2.29. The van der Waals surface area contributed by atoms with Crippen molar-refractivity contribution in [3.05, 3.63) is 28.3 Å². The lowest BCUT2D eigenvalue weighted by atomic mass is 9.76. The summed E-state index contributed by atoms with van der Waals surface area (Å²) >= 11 is 0. The van der Waals surface area contributed by atoms with E-state index in [9.17, 15) is 0 Å². The van der Waals surface area contributed by atoms with Crippen LogP contribution in [-0.4, -0.2) is 18.5 Å². The molecule has 0 bridgehead atoms. The average Bonchev–Trinajstić information content (AvgIpc) is 2.25. The maximum Gasteiger partial charge on any atom is 0.0349 e. The molecule has 1 aromatic rings. The molecule has 1 atom stereocenters. The number of rotatable bonds is 0. The minimum Gasteiger partial charge on any atom is -0.398 e. The Morgan fingerprint density at radius 3 is 3.06 bits per heavy atom. The average molecular weight is 216 g/mol. The predicted molar refractivity (Wildman–Crippen MR) is 67.6 cm³/mol. The van der Waals surface area contributed by atoms with E-state index in [0.29, 0.717) is 0 Å². The molecule has 0 radical (unpaired) electrons. The predicted octanol–water partition coefficient (Wildman–Crippen LogP) is 2.44. The smallest absolute Gasteiger partial charge is 0.0349 e. The second kappa shape index (κ2) is 3.49. The van der Waals surface area contributed by atoms with E-state index in [-0.39, 0.29) is 0 Å². The lowest BCUT2D eigenvalue weighted by Gasteiger charge is -2.37. The van der Waals surface area contributed by atoms with E-state index in [2.05, 4.69) is 24.9 Å². The van der Waals surface area contributed by atoms with Crippen LogP contribution in [0.15, 0.2) is 6.07 Å². The van der Waals surface area contributed by atoms with E-state index in [1.54, 1.807) is 11.1 Å². The number of hydrogen-bond acceptors (Lipinski definition) is 2. The Bertz CT molecular complexity index is 437. The van der Waals surface area contributed by atoms with Crippen LogP contribution >= 0.6 is 0 Å².